The Balaban J connectivity index is 1.43. The zero-order chi connectivity index (χ0) is 30.8. The summed E-state index contributed by atoms with van der Waals surface area (Å²) in [7, 11) is -4.24. The molecule has 0 heterocycles. The summed E-state index contributed by atoms with van der Waals surface area (Å²) in [5.41, 5.74) is -0.943. The van der Waals surface area contributed by atoms with E-state index in [4.69, 9.17) is 51.1 Å². The van der Waals surface area contributed by atoms with Crippen LogP contribution in [0.15, 0.2) is 88.7 Å². The normalized spacial score (nSPS) is 11.6. The molecule has 0 atom stereocenters. The Morgan fingerprint density at radius 1 is 0.762 bits per heavy atom. The number of ether oxygens (including phenoxy) is 1. The van der Waals surface area contributed by atoms with Gasteiger partial charge in [-0.3, -0.25) is 10.1 Å². The van der Waals surface area contributed by atoms with E-state index in [1.807, 2.05) is 0 Å². The molecular weight excluding hydrogens is 663 g/mol. The molecule has 0 fully saturated rings. The van der Waals surface area contributed by atoms with Crippen molar-refractivity contribution < 1.29 is 35.9 Å². The van der Waals surface area contributed by atoms with E-state index in [0.29, 0.717) is 12.1 Å². The third-order valence-electron chi connectivity index (χ3n) is 5.52. The fraction of sp³-hybridized carbons (Fsp3) is 0.0370. The lowest BCUT2D eigenvalue weighted by Gasteiger charge is -2.12. The van der Waals surface area contributed by atoms with Crippen LogP contribution in [-0.2, 0) is 16.0 Å². The smallest absolute Gasteiger partial charge is 0.416 e. The summed E-state index contributed by atoms with van der Waals surface area (Å²) in [5, 5.41) is 4.14. The highest BCUT2D eigenvalue weighted by Gasteiger charge is 2.32. The predicted octanol–water partition coefficient (Wildman–Crippen LogP) is 8.91. The minimum Gasteiger partial charge on any atom is -0.456 e. The maximum Gasteiger partial charge on any atom is 0.416 e. The Bertz CT molecular complexity index is 1780. The summed E-state index contributed by atoms with van der Waals surface area (Å²) in [5.74, 6) is -0.502. The Morgan fingerprint density at radius 2 is 1.40 bits per heavy atom. The second kappa shape index (κ2) is 12.4. The van der Waals surface area contributed by atoms with E-state index in [1.165, 1.54) is 54.6 Å². The lowest BCUT2D eigenvalue weighted by Crippen LogP contribution is -2.34. The molecule has 0 aliphatic rings. The van der Waals surface area contributed by atoms with Crippen molar-refractivity contribution >= 4 is 73.9 Å². The van der Waals surface area contributed by atoms with E-state index in [2.05, 4.69) is 10.6 Å². The van der Waals surface area contributed by atoms with E-state index >= 15 is 0 Å². The zero-order valence-corrected chi connectivity index (χ0v) is 24.4. The first-order valence-corrected chi connectivity index (χ1v) is 14.4. The van der Waals surface area contributed by atoms with Gasteiger partial charge in [-0.05, 0) is 72.8 Å². The molecule has 0 unspecified atom stereocenters. The molecule has 0 bridgehead atoms. The third kappa shape index (κ3) is 7.11. The molecular formula is C27H15Cl4F3N2O5S. The lowest BCUT2D eigenvalue weighted by atomic mass is 10.2. The average molecular weight is 678 g/mol. The topological polar surface area (TPSA) is 102 Å². The lowest BCUT2D eigenvalue weighted by molar-refractivity contribution is -0.137. The molecule has 15 heteroatoms. The van der Waals surface area contributed by atoms with Gasteiger partial charge in [-0.25, -0.2) is 13.2 Å². The average Bonchev–Trinajstić information content (AvgIpc) is 2.89. The number of benzene rings is 4. The summed E-state index contributed by atoms with van der Waals surface area (Å²) in [6, 6.07) is 14.7. The van der Waals surface area contributed by atoms with E-state index in [-0.39, 0.29) is 42.7 Å². The molecule has 0 saturated heterocycles. The first-order chi connectivity index (χ1) is 19.7. The highest BCUT2D eigenvalue weighted by Crippen LogP contribution is 2.36. The molecule has 0 spiro atoms. The van der Waals surface area contributed by atoms with E-state index in [9.17, 15) is 31.2 Å². The molecule has 42 heavy (non-hydrogen) atoms. The molecule has 0 aliphatic carbocycles. The number of sulfone groups is 1. The minimum atomic E-state index is -4.68. The summed E-state index contributed by atoms with van der Waals surface area (Å²) in [6.45, 7) is 0. The van der Waals surface area contributed by atoms with Crippen LogP contribution in [0.1, 0.15) is 15.9 Å². The maximum absolute atomic E-state index is 12.9. The molecule has 4 rings (SSSR count). The molecule has 0 aliphatic heterocycles. The second-order valence-corrected chi connectivity index (χ2v) is 11.9. The Morgan fingerprint density at radius 3 is 1.98 bits per heavy atom. The van der Waals surface area contributed by atoms with Crippen molar-refractivity contribution in [2.75, 3.05) is 5.32 Å². The number of hydrogen-bond acceptors (Lipinski definition) is 5. The molecule has 0 radical (unpaired) electrons. The van der Waals surface area contributed by atoms with Crippen molar-refractivity contribution in [2.24, 2.45) is 0 Å². The summed E-state index contributed by atoms with van der Waals surface area (Å²) in [6.07, 6.45) is -4.68. The van der Waals surface area contributed by atoms with Crippen molar-refractivity contribution in [3.05, 3.63) is 110 Å². The Kier molecular flexibility index (Phi) is 9.29. The number of amides is 3. The van der Waals surface area contributed by atoms with Crippen molar-refractivity contribution in [2.45, 2.75) is 16.0 Å². The number of anilines is 1. The predicted molar refractivity (Wildman–Crippen MR) is 153 cm³/mol. The molecule has 0 aromatic heterocycles. The molecule has 218 valence electrons. The minimum absolute atomic E-state index is 0.0570. The van der Waals surface area contributed by atoms with Gasteiger partial charge in [0, 0.05) is 5.69 Å². The van der Waals surface area contributed by atoms with Crippen LogP contribution in [0.25, 0.3) is 0 Å². The van der Waals surface area contributed by atoms with Crippen molar-refractivity contribution in [1.82, 2.24) is 5.32 Å². The Labute approximate surface area is 257 Å². The van der Waals surface area contributed by atoms with E-state index < -0.39 is 43.4 Å². The first-order valence-electron chi connectivity index (χ1n) is 11.4. The van der Waals surface area contributed by atoms with Gasteiger partial charge >= 0.3 is 12.2 Å². The van der Waals surface area contributed by atoms with Gasteiger partial charge in [-0.15, -0.1) is 0 Å². The van der Waals surface area contributed by atoms with Gasteiger partial charge in [-0.2, -0.15) is 13.2 Å². The molecule has 0 saturated carbocycles. The van der Waals surface area contributed by atoms with Crippen LogP contribution in [0.3, 0.4) is 0 Å². The first kappa shape index (κ1) is 31.5. The number of hydrogen-bond donors (Lipinski definition) is 2. The van der Waals surface area contributed by atoms with Gasteiger partial charge < -0.3 is 10.1 Å². The quantitative estimate of drug-likeness (QED) is 0.212. The van der Waals surface area contributed by atoms with Gasteiger partial charge in [0.2, 0.25) is 9.84 Å². The van der Waals surface area contributed by atoms with Gasteiger partial charge in [0.15, 0.2) is 0 Å². The summed E-state index contributed by atoms with van der Waals surface area (Å²) in [4.78, 5) is 23.9. The fourth-order valence-electron chi connectivity index (χ4n) is 3.54. The van der Waals surface area contributed by atoms with Crippen LogP contribution in [-0.4, -0.2) is 20.4 Å². The molecule has 4 aromatic carbocycles. The van der Waals surface area contributed by atoms with Crippen LogP contribution in [0.4, 0.5) is 23.7 Å². The number of carbonyl (C=O) groups excluding carboxylic acids is 2. The summed E-state index contributed by atoms with van der Waals surface area (Å²) < 4.78 is 70.3. The van der Waals surface area contributed by atoms with Crippen molar-refractivity contribution in [3.63, 3.8) is 0 Å². The Hall–Kier alpha value is -3.48. The van der Waals surface area contributed by atoms with Crippen LogP contribution >= 0.6 is 46.4 Å². The van der Waals surface area contributed by atoms with E-state index in [1.54, 1.807) is 6.07 Å². The van der Waals surface area contributed by atoms with Gasteiger partial charge in [0.05, 0.1) is 41.0 Å². The van der Waals surface area contributed by atoms with Crippen LogP contribution in [0, 0.1) is 0 Å². The van der Waals surface area contributed by atoms with Crippen LogP contribution in [0.2, 0.25) is 20.1 Å². The molecule has 7 nitrogen and oxygen atoms in total. The van der Waals surface area contributed by atoms with Crippen LogP contribution in [0.5, 0.6) is 11.5 Å². The molecule has 3 amide bonds. The third-order valence-corrected chi connectivity index (χ3v) is 8.70. The van der Waals surface area contributed by atoms with Crippen molar-refractivity contribution in [1.29, 1.82) is 0 Å². The highest BCUT2D eigenvalue weighted by molar-refractivity contribution is 7.91. The highest BCUT2D eigenvalue weighted by atomic mass is 35.5. The second-order valence-electron chi connectivity index (χ2n) is 8.37. The number of alkyl halides is 3. The number of carbonyl (C=O) groups is 2. The van der Waals surface area contributed by atoms with Gasteiger partial charge in [0.1, 0.15) is 11.5 Å². The zero-order valence-electron chi connectivity index (χ0n) is 20.6. The van der Waals surface area contributed by atoms with Gasteiger partial charge in [-0.1, -0.05) is 52.5 Å². The van der Waals surface area contributed by atoms with Crippen LogP contribution < -0.4 is 15.4 Å². The van der Waals surface area contributed by atoms with E-state index in [0.717, 1.165) is 6.07 Å². The maximum atomic E-state index is 12.9. The van der Waals surface area contributed by atoms with Crippen molar-refractivity contribution in [3.8, 4) is 11.5 Å². The monoisotopic (exact) mass is 676 g/mol. The number of nitrogens with one attached hydrogen (secondary N) is 2. The molecule has 2 N–H and O–H groups in total. The number of halogens is 7. The molecule has 4 aromatic rings. The largest absolute Gasteiger partial charge is 0.456 e. The summed E-state index contributed by atoms with van der Waals surface area (Å²) >= 11 is 24.1. The number of imide groups is 1. The fourth-order valence-corrected chi connectivity index (χ4v) is 6.12. The SMILES string of the molecule is O=C(NC(=O)c1c(Cl)cccc1Cl)Nc1ccc(Oc2ccc(S(=O)(=O)c3ccc(C(F)(F)F)cc3Cl)cc2)c(Cl)c1. The number of rotatable bonds is 6. The number of urea groups is 1. The standard InChI is InChI=1S/C27H15Cl4F3N2O5S/c28-18-2-1-3-19(29)24(18)25(37)36-26(38)35-15-5-10-22(20(30)13-15)41-16-6-8-17(9-7-16)42(39,40)23-11-4-14(12-21(23)31)27(32,33)34/h1-13H,(H2,35,36,37,38). The van der Waals surface area contributed by atoms with Gasteiger partial charge in [0.25, 0.3) is 5.91 Å².